The first-order chi connectivity index (χ1) is 10.5. The number of methoxy groups -OCH3 is 1. The van der Waals surface area contributed by atoms with Gasteiger partial charge in [0.1, 0.15) is 6.07 Å². The van der Waals surface area contributed by atoms with Gasteiger partial charge in [0.05, 0.1) is 23.1 Å². The molecular weight excluding hydrogens is 282 g/mol. The Labute approximate surface area is 131 Å². The van der Waals surface area contributed by atoms with Crippen molar-refractivity contribution in [2.75, 3.05) is 7.11 Å². The molecule has 2 rings (SSSR count). The molecule has 0 N–H and O–H groups in total. The van der Waals surface area contributed by atoms with Gasteiger partial charge < -0.3 is 9.30 Å². The molecule has 0 aliphatic rings. The van der Waals surface area contributed by atoms with Crippen molar-refractivity contribution < 1.29 is 9.66 Å². The monoisotopic (exact) mass is 305 g/mol. The van der Waals surface area contributed by atoms with Crippen molar-refractivity contribution in [3.8, 4) is 11.8 Å². The lowest BCUT2D eigenvalue weighted by Gasteiger charge is -2.03. The molecule has 6 heteroatoms. The fraction of sp³-hybridized carbons (Fsp3) is 0.438. The third kappa shape index (κ3) is 3.37. The van der Waals surface area contributed by atoms with Crippen LogP contribution in [0.4, 0.5) is 5.69 Å². The fourth-order valence-electron chi connectivity index (χ4n) is 2.03. The van der Waals surface area contributed by atoms with Gasteiger partial charge >= 0.3 is 5.69 Å². The van der Waals surface area contributed by atoms with Crippen molar-refractivity contribution >= 4 is 16.6 Å². The summed E-state index contributed by atoms with van der Waals surface area (Å²) in [6.07, 6.45) is 0. The molecule has 0 radical (unpaired) electrons. The highest BCUT2D eigenvalue weighted by molar-refractivity contribution is 5.91. The van der Waals surface area contributed by atoms with Crippen LogP contribution in [0.15, 0.2) is 12.1 Å². The standard InChI is InChI=1S/C12H11N3O3.2C2H6/c1-7-9(6-13)8-4-11(15(16)17)12(18-3)5-10(8)14(7)2;2*1-2/h4-5H,1-3H3;2*1-2H3. The molecule has 0 amide bonds. The summed E-state index contributed by atoms with van der Waals surface area (Å²) in [6.45, 7) is 9.80. The number of nitro benzene ring substituents is 1. The number of fused-ring (bicyclic) bond motifs is 1. The smallest absolute Gasteiger partial charge is 0.311 e. The third-order valence-electron chi connectivity index (χ3n) is 3.10. The molecule has 0 aliphatic carbocycles. The molecule has 0 saturated heterocycles. The quantitative estimate of drug-likeness (QED) is 0.611. The van der Waals surface area contributed by atoms with E-state index in [0.29, 0.717) is 10.9 Å². The number of nitrogens with zero attached hydrogens (tertiary/aromatic N) is 3. The molecule has 22 heavy (non-hydrogen) atoms. The predicted molar refractivity (Wildman–Crippen MR) is 88.3 cm³/mol. The van der Waals surface area contributed by atoms with Crippen molar-refractivity contribution in [3.05, 3.63) is 33.5 Å². The van der Waals surface area contributed by atoms with E-state index in [1.807, 2.05) is 39.3 Å². The minimum atomic E-state index is -0.512. The second-order valence-electron chi connectivity index (χ2n) is 3.93. The fourth-order valence-corrected chi connectivity index (χ4v) is 2.03. The summed E-state index contributed by atoms with van der Waals surface area (Å²) in [5.41, 5.74) is 1.84. The number of hydrogen-bond donors (Lipinski definition) is 0. The number of aromatic nitrogens is 1. The molecule has 120 valence electrons. The Hall–Kier alpha value is -2.55. The molecule has 0 spiro atoms. The average Bonchev–Trinajstić information content (AvgIpc) is 2.80. The normalized spacial score (nSPS) is 9.00. The summed E-state index contributed by atoms with van der Waals surface area (Å²) in [7, 11) is 3.19. The third-order valence-corrected chi connectivity index (χ3v) is 3.10. The topological polar surface area (TPSA) is 81.1 Å². The van der Waals surface area contributed by atoms with Gasteiger partial charge in [-0.3, -0.25) is 10.1 Å². The number of aryl methyl sites for hydroxylation is 1. The van der Waals surface area contributed by atoms with Crippen molar-refractivity contribution in [1.29, 1.82) is 5.26 Å². The van der Waals surface area contributed by atoms with Crippen LogP contribution in [0.2, 0.25) is 0 Å². The van der Waals surface area contributed by atoms with E-state index in [0.717, 1.165) is 11.2 Å². The second-order valence-corrected chi connectivity index (χ2v) is 3.93. The number of nitriles is 1. The summed E-state index contributed by atoms with van der Waals surface area (Å²) in [6, 6.07) is 5.05. The zero-order chi connectivity index (χ0) is 17.4. The Morgan fingerprint density at radius 2 is 1.82 bits per heavy atom. The summed E-state index contributed by atoms with van der Waals surface area (Å²) >= 11 is 0. The maximum Gasteiger partial charge on any atom is 0.311 e. The lowest BCUT2D eigenvalue weighted by Crippen LogP contribution is -1.95. The van der Waals surface area contributed by atoms with Crippen LogP contribution in [-0.4, -0.2) is 16.6 Å². The summed E-state index contributed by atoms with van der Waals surface area (Å²) in [5, 5.41) is 20.6. The molecule has 0 unspecified atom stereocenters. The van der Waals surface area contributed by atoms with Gasteiger partial charge in [-0.2, -0.15) is 5.26 Å². The van der Waals surface area contributed by atoms with Crippen molar-refractivity contribution in [2.24, 2.45) is 7.05 Å². The van der Waals surface area contributed by atoms with Crippen LogP contribution in [0, 0.1) is 28.4 Å². The highest BCUT2D eigenvalue weighted by Crippen LogP contribution is 2.35. The number of rotatable bonds is 2. The SMILES string of the molecule is CC.CC.COc1cc2c(cc1[N+](=O)[O-])c(C#N)c(C)n2C. The Kier molecular flexibility index (Phi) is 7.67. The molecule has 0 atom stereocenters. The van der Waals surface area contributed by atoms with Gasteiger partial charge in [-0.1, -0.05) is 27.7 Å². The van der Waals surface area contributed by atoms with Crippen molar-refractivity contribution in [2.45, 2.75) is 34.6 Å². The minimum absolute atomic E-state index is 0.132. The van der Waals surface area contributed by atoms with E-state index in [1.165, 1.54) is 13.2 Å². The summed E-state index contributed by atoms with van der Waals surface area (Å²) < 4.78 is 6.83. The van der Waals surface area contributed by atoms with Gasteiger partial charge in [-0.25, -0.2) is 0 Å². The molecule has 0 bridgehead atoms. The first kappa shape index (κ1) is 19.4. The molecule has 2 aromatic rings. The van der Waals surface area contributed by atoms with E-state index >= 15 is 0 Å². The largest absolute Gasteiger partial charge is 0.490 e. The number of ether oxygens (including phenoxy) is 1. The zero-order valence-electron chi connectivity index (χ0n) is 14.2. The molecule has 6 nitrogen and oxygen atoms in total. The summed E-state index contributed by atoms with van der Waals surface area (Å²) in [5.74, 6) is 0.192. The van der Waals surface area contributed by atoms with Crippen LogP contribution in [0.5, 0.6) is 5.75 Å². The molecular formula is C16H23N3O3. The maximum atomic E-state index is 11.0. The van der Waals surface area contributed by atoms with Gasteiger partial charge in [-0.05, 0) is 6.92 Å². The number of hydrogen-bond acceptors (Lipinski definition) is 4. The van der Waals surface area contributed by atoms with E-state index in [9.17, 15) is 10.1 Å². The molecule has 1 aromatic carbocycles. The van der Waals surface area contributed by atoms with E-state index in [-0.39, 0.29) is 11.4 Å². The first-order valence-corrected chi connectivity index (χ1v) is 7.22. The van der Waals surface area contributed by atoms with Crippen LogP contribution in [0.3, 0.4) is 0 Å². The zero-order valence-corrected chi connectivity index (χ0v) is 14.2. The number of benzene rings is 1. The van der Waals surface area contributed by atoms with Gasteiger partial charge in [0.15, 0.2) is 5.75 Å². The first-order valence-electron chi connectivity index (χ1n) is 7.22. The van der Waals surface area contributed by atoms with Crippen LogP contribution < -0.4 is 4.74 Å². The second kappa shape index (κ2) is 8.67. The van der Waals surface area contributed by atoms with Crippen LogP contribution in [0.1, 0.15) is 39.0 Å². The van der Waals surface area contributed by atoms with Gasteiger partial charge in [0.25, 0.3) is 0 Å². The highest BCUT2D eigenvalue weighted by Gasteiger charge is 2.21. The van der Waals surface area contributed by atoms with E-state index in [2.05, 4.69) is 6.07 Å². The Morgan fingerprint density at radius 3 is 2.23 bits per heavy atom. The summed E-state index contributed by atoms with van der Waals surface area (Å²) in [4.78, 5) is 10.4. The van der Waals surface area contributed by atoms with Crippen LogP contribution in [0.25, 0.3) is 10.9 Å². The molecule has 1 heterocycles. The molecule has 0 fully saturated rings. The van der Waals surface area contributed by atoms with Gasteiger partial charge in [0, 0.05) is 30.3 Å². The molecule has 0 saturated carbocycles. The van der Waals surface area contributed by atoms with Crippen molar-refractivity contribution in [3.63, 3.8) is 0 Å². The minimum Gasteiger partial charge on any atom is -0.490 e. The highest BCUT2D eigenvalue weighted by atomic mass is 16.6. The lowest BCUT2D eigenvalue weighted by molar-refractivity contribution is -0.385. The Bertz CT molecular complexity index is 697. The molecule has 0 aliphatic heterocycles. The lowest BCUT2D eigenvalue weighted by atomic mass is 10.1. The predicted octanol–water partition coefficient (Wildman–Crippen LogP) is 4.33. The van der Waals surface area contributed by atoms with E-state index in [1.54, 1.807) is 13.0 Å². The Morgan fingerprint density at radius 1 is 1.27 bits per heavy atom. The van der Waals surface area contributed by atoms with E-state index in [4.69, 9.17) is 10.00 Å². The van der Waals surface area contributed by atoms with Crippen LogP contribution >= 0.6 is 0 Å². The van der Waals surface area contributed by atoms with Crippen LogP contribution in [-0.2, 0) is 7.05 Å². The number of nitro groups is 1. The average molecular weight is 305 g/mol. The Balaban J connectivity index is 0.00000102. The maximum absolute atomic E-state index is 11.0. The van der Waals surface area contributed by atoms with Gasteiger partial charge in [-0.15, -0.1) is 0 Å². The van der Waals surface area contributed by atoms with Crippen molar-refractivity contribution in [1.82, 2.24) is 4.57 Å². The van der Waals surface area contributed by atoms with Gasteiger partial charge in [0.2, 0.25) is 0 Å². The molecule has 1 aromatic heterocycles. The van der Waals surface area contributed by atoms with E-state index < -0.39 is 4.92 Å².